The average molecular weight is 429 g/mol. The van der Waals surface area contributed by atoms with Crippen molar-refractivity contribution in [2.75, 3.05) is 0 Å². The van der Waals surface area contributed by atoms with E-state index in [1.807, 2.05) is 6.92 Å². The zero-order chi connectivity index (χ0) is 19.7. The third-order valence-electron chi connectivity index (χ3n) is 3.20. The van der Waals surface area contributed by atoms with E-state index < -0.39 is 17.6 Å². The van der Waals surface area contributed by atoms with Gasteiger partial charge < -0.3 is 10.1 Å². The molecule has 0 aliphatic carbocycles. The van der Waals surface area contributed by atoms with Gasteiger partial charge in [0.05, 0.1) is 0 Å². The number of carbonyl (C=O) groups is 3. The topological polar surface area (TPSA) is 109 Å². The quantitative estimate of drug-likeness (QED) is 0.476. The highest BCUT2D eigenvalue weighted by Gasteiger charge is 2.19. The van der Waals surface area contributed by atoms with Crippen LogP contribution in [0, 0.1) is 0 Å². The predicted octanol–water partition coefficient (Wildman–Crippen LogP) is 2.69. The van der Waals surface area contributed by atoms with Gasteiger partial charge in [0.1, 0.15) is 15.9 Å². The van der Waals surface area contributed by atoms with Crippen LogP contribution in [0.2, 0.25) is 0 Å². The van der Waals surface area contributed by atoms with Crippen molar-refractivity contribution in [3.63, 3.8) is 0 Å². The summed E-state index contributed by atoms with van der Waals surface area (Å²) in [4.78, 5) is 39.5. The van der Waals surface area contributed by atoms with Crippen LogP contribution in [0.1, 0.15) is 57.4 Å². The van der Waals surface area contributed by atoms with Crippen LogP contribution in [-0.2, 0) is 9.53 Å². The van der Waals surface area contributed by atoms with Gasteiger partial charge >= 0.3 is 6.09 Å². The van der Waals surface area contributed by atoms with Gasteiger partial charge in [0.15, 0.2) is 0 Å². The molecule has 0 unspecified atom stereocenters. The molecule has 9 heteroatoms. The summed E-state index contributed by atoms with van der Waals surface area (Å²) in [5.41, 5.74) is 4.24. The highest BCUT2D eigenvalue weighted by Crippen LogP contribution is 2.09. The molecule has 1 atom stereocenters. The molecule has 0 saturated heterocycles. The Balaban J connectivity index is 2.37. The van der Waals surface area contributed by atoms with Crippen LogP contribution in [-0.4, -0.2) is 34.5 Å². The predicted molar refractivity (Wildman–Crippen MR) is 100 cm³/mol. The second-order valence-electron chi connectivity index (χ2n) is 6.64. The molecule has 26 heavy (non-hydrogen) atoms. The first-order valence-corrected chi connectivity index (χ1v) is 9.11. The molecule has 0 radical (unpaired) electrons. The van der Waals surface area contributed by atoms with Crippen molar-refractivity contribution in [3.8, 4) is 0 Å². The standard InChI is InChI=1S/C17H25BrN4O4/c1-5-11(19-16(25)26-17(2,3)4)9-10-14(23)21-22-15(24)12-7-6-8-13(18)20-12/h6-8,11H,5,9-10H2,1-4H3,(H,19,25)(H,21,23)(H,22,24)/t11-/m0/s1. The fourth-order valence-corrected chi connectivity index (χ4v) is 2.29. The van der Waals surface area contributed by atoms with E-state index in [1.54, 1.807) is 32.9 Å². The minimum absolute atomic E-state index is 0.139. The zero-order valence-corrected chi connectivity index (χ0v) is 17.0. The lowest BCUT2D eigenvalue weighted by Crippen LogP contribution is -2.43. The fraction of sp³-hybridized carbons (Fsp3) is 0.529. The summed E-state index contributed by atoms with van der Waals surface area (Å²) in [5.74, 6) is -0.878. The highest BCUT2D eigenvalue weighted by atomic mass is 79.9. The number of carbonyl (C=O) groups excluding carboxylic acids is 3. The molecule has 1 rings (SSSR count). The highest BCUT2D eigenvalue weighted by molar-refractivity contribution is 9.10. The van der Waals surface area contributed by atoms with Gasteiger partial charge in [0.25, 0.3) is 5.91 Å². The van der Waals surface area contributed by atoms with Crippen LogP contribution in [0.25, 0.3) is 0 Å². The molecule has 0 fully saturated rings. The van der Waals surface area contributed by atoms with Gasteiger partial charge in [-0.15, -0.1) is 0 Å². The number of amides is 3. The van der Waals surface area contributed by atoms with Crippen LogP contribution >= 0.6 is 15.9 Å². The minimum Gasteiger partial charge on any atom is -0.444 e. The third kappa shape index (κ3) is 8.80. The first kappa shape index (κ1) is 21.9. The Morgan fingerprint density at radius 1 is 1.23 bits per heavy atom. The van der Waals surface area contributed by atoms with Crippen LogP contribution in [0.15, 0.2) is 22.8 Å². The number of hydrogen-bond donors (Lipinski definition) is 3. The molecule has 1 aromatic heterocycles. The van der Waals surface area contributed by atoms with Gasteiger partial charge in [-0.2, -0.15) is 0 Å². The van der Waals surface area contributed by atoms with E-state index >= 15 is 0 Å². The molecule has 0 bridgehead atoms. The summed E-state index contributed by atoms with van der Waals surface area (Å²) in [7, 11) is 0. The first-order valence-electron chi connectivity index (χ1n) is 8.32. The summed E-state index contributed by atoms with van der Waals surface area (Å²) in [6.07, 6.45) is 0.701. The Kier molecular flexibility index (Phi) is 8.50. The molecule has 0 saturated carbocycles. The van der Waals surface area contributed by atoms with E-state index in [0.29, 0.717) is 17.4 Å². The molecule has 144 valence electrons. The van der Waals surface area contributed by atoms with Gasteiger partial charge in [-0.25, -0.2) is 9.78 Å². The lowest BCUT2D eigenvalue weighted by atomic mass is 10.1. The molecule has 0 aliphatic heterocycles. The van der Waals surface area contributed by atoms with E-state index in [-0.39, 0.29) is 24.1 Å². The molecule has 3 amide bonds. The zero-order valence-electron chi connectivity index (χ0n) is 15.4. The monoisotopic (exact) mass is 428 g/mol. The van der Waals surface area contributed by atoms with Crippen molar-refractivity contribution < 1.29 is 19.1 Å². The molecule has 1 aromatic rings. The number of rotatable bonds is 6. The van der Waals surface area contributed by atoms with Crippen molar-refractivity contribution in [2.24, 2.45) is 0 Å². The number of hydrogen-bond acceptors (Lipinski definition) is 5. The number of aromatic nitrogens is 1. The van der Waals surface area contributed by atoms with E-state index in [2.05, 4.69) is 37.1 Å². The second-order valence-corrected chi connectivity index (χ2v) is 7.45. The van der Waals surface area contributed by atoms with E-state index in [0.717, 1.165) is 0 Å². The Labute approximate surface area is 161 Å². The van der Waals surface area contributed by atoms with E-state index in [1.165, 1.54) is 6.07 Å². The number of alkyl carbamates (subject to hydrolysis) is 1. The molecule has 0 aromatic carbocycles. The van der Waals surface area contributed by atoms with Gasteiger partial charge in [0.2, 0.25) is 5.91 Å². The normalized spacial score (nSPS) is 12.0. The van der Waals surface area contributed by atoms with Crippen LogP contribution in [0.3, 0.4) is 0 Å². The number of pyridine rings is 1. The molecular formula is C17H25BrN4O4. The summed E-state index contributed by atoms with van der Waals surface area (Å²) in [6, 6.07) is 4.70. The maximum absolute atomic E-state index is 11.9. The largest absolute Gasteiger partial charge is 0.444 e. The number of halogens is 1. The number of nitrogens with one attached hydrogen (secondary N) is 3. The summed E-state index contributed by atoms with van der Waals surface area (Å²) in [6.45, 7) is 7.25. The Morgan fingerprint density at radius 2 is 1.92 bits per heavy atom. The summed E-state index contributed by atoms with van der Waals surface area (Å²) < 4.78 is 5.72. The van der Waals surface area contributed by atoms with Gasteiger partial charge in [-0.1, -0.05) is 13.0 Å². The average Bonchev–Trinajstić information content (AvgIpc) is 2.54. The smallest absolute Gasteiger partial charge is 0.407 e. The molecule has 0 aliphatic rings. The van der Waals surface area contributed by atoms with Crippen molar-refractivity contribution in [1.29, 1.82) is 0 Å². The molecule has 8 nitrogen and oxygen atoms in total. The van der Waals surface area contributed by atoms with Crippen LogP contribution < -0.4 is 16.2 Å². The van der Waals surface area contributed by atoms with Crippen molar-refractivity contribution >= 4 is 33.8 Å². The third-order valence-corrected chi connectivity index (χ3v) is 3.64. The molecule has 1 heterocycles. The van der Waals surface area contributed by atoms with Gasteiger partial charge in [-0.05, 0) is 61.7 Å². The number of hydrazine groups is 1. The number of ether oxygens (including phenoxy) is 1. The van der Waals surface area contributed by atoms with Crippen molar-refractivity contribution in [2.45, 2.75) is 58.6 Å². The Morgan fingerprint density at radius 3 is 2.50 bits per heavy atom. The van der Waals surface area contributed by atoms with Gasteiger partial charge in [0, 0.05) is 12.5 Å². The van der Waals surface area contributed by atoms with E-state index in [4.69, 9.17) is 4.74 Å². The maximum Gasteiger partial charge on any atom is 0.407 e. The van der Waals surface area contributed by atoms with Crippen LogP contribution in [0.5, 0.6) is 0 Å². The lowest BCUT2D eigenvalue weighted by molar-refractivity contribution is -0.122. The first-order chi connectivity index (χ1) is 12.1. The number of nitrogens with zero attached hydrogens (tertiary/aromatic N) is 1. The molecule has 3 N–H and O–H groups in total. The van der Waals surface area contributed by atoms with E-state index in [9.17, 15) is 14.4 Å². The Bertz CT molecular complexity index is 646. The lowest BCUT2D eigenvalue weighted by Gasteiger charge is -2.23. The van der Waals surface area contributed by atoms with Crippen LogP contribution in [0.4, 0.5) is 4.79 Å². The molecule has 0 spiro atoms. The summed E-state index contributed by atoms with van der Waals surface area (Å²) in [5, 5.41) is 2.73. The summed E-state index contributed by atoms with van der Waals surface area (Å²) >= 11 is 3.17. The fourth-order valence-electron chi connectivity index (χ4n) is 1.95. The maximum atomic E-state index is 11.9. The molecular weight excluding hydrogens is 404 g/mol. The SMILES string of the molecule is CC[C@@H](CCC(=O)NNC(=O)c1cccc(Br)n1)NC(=O)OC(C)(C)C. The van der Waals surface area contributed by atoms with Gasteiger partial charge in [-0.3, -0.25) is 20.4 Å². The van der Waals surface area contributed by atoms with Crippen molar-refractivity contribution in [1.82, 2.24) is 21.2 Å². The van der Waals surface area contributed by atoms with Crippen molar-refractivity contribution in [3.05, 3.63) is 28.5 Å². The Hall–Kier alpha value is -2.16. The second kappa shape index (κ2) is 10.1. The minimum atomic E-state index is -0.579.